The summed E-state index contributed by atoms with van der Waals surface area (Å²) in [6.07, 6.45) is 4.22. The zero-order chi connectivity index (χ0) is 13.1. The lowest BCUT2D eigenvalue weighted by atomic mass is 9.80. The van der Waals surface area contributed by atoms with Crippen LogP contribution in [-0.4, -0.2) is 12.1 Å². The van der Waals surface area contributed by atoms with Crippen LogP contribution < -0.4 is 15.8 Å². The van der Waals surface area contributed by atoms with Crippen molar-refractivity contribution in [1.82, 2.24) is 0 Å². The van der Waals surface area contributed by atoms with Gasteiger partial charge in [-0.05, 0) is 45.6 Å². The molecule has 1 aliphatic carbocycles. The minimum absolute atomic E-state index is 0.170. The minimum Gasteiger partial charge on any atom is -0.491 e. The molecule has 3 N–H and O–H groups in total. The van der Waals surface area contributed by atoms with Crippen molar-refractivity contribution in [3.63, 3.8) is 0 Å². The van der Waals surface area contributed by atoms with Crippen molar-refractivity contribution < 1.29 is 4.74 Å². The van der Waals surface area contributed by atoms with Gasteiger partial charge in [-0.2, -0.15) is 0 Å². The second-order valence-corrected chi connectivity index (χ2v) is 5.58. The van der Waals surface area contributed by atoms with Crippen LogP contribution in [0, 0.1) is 5.92 Å². The van der Waals surface area contributed by atoms with Crippen molar-refractivity contribution in [3.8, 4) is 5.75 Å². The van der Waals surface area contributed by atoms with Gasteiger partial charge in [-0.25, -0.2) is 0 Å². The second-order valence-electron chi connectivity index (χ2n) is 5.58. The Morgan fingerprint density at radius 3 is 2.50 bits per heavy atom. The fraction of sp³-hybridized carbons (Fsp3) is 0.600. The van der Waals surface area contributed by atoms with Crippen LogP contribution in [-0.2, 0) is 0 Å². The Kier molecular flexibility index (Phi) is 4.00. The Labute approximate surface area is 110 Å². The van der Waals surface area contributed by atoms with Crippen molar-refractivity contribution in [2.24, 2.45) is 5.92 Å². The number of nitrogens with two attached hydrogens (primary N) is 1. The molecule has 1 fully saturated rings. The van der Waals surface area contributed by atoms with Crippen LogP contribution in [0.2, 0.25) is 0 Å². The number of anilines is 2. The molecule has 0 amide bonds. The highest BCUT2D eigenvalue weighted by molar-refractivity contribution is 5.59. The zero-order valence-corrected chi connectivity index (χ0v) is 11.6. The number of nitrogen functional groups attached to an aromatic ring is 1. The van der Waals surface area contributed by atoms with Crippen LogP contribution in [0.15, 0.2) is 18.2 Å². The van der Waals surface area contributed by atoms with Gasteiger partial charge >= 0.3 is 0 Å². The molecule has 1 aromatic carbocycles. The molecule has 1 aromatic rings. The summed E-state index contributed by atoms with van der Waals surface area (Å²) in [6.45, 7) is 6.29. The van der Waals surface area contributed by atoms with E-state index in [1.54, 1.807) is 0 Å². The van der Waals surface area contributed by atoms with E-state index in [9.17, 15) is 0 Å². The summed E-state index contributed by atoms with van der Waals surface area (Å²) >= 11 is 0. The standard InChI is InChI=1S/C15H24N2O/c1-10(2)18-15-8-13(16)7-14(9-15)17-11(3)12-5-4-6-12/h7-12,17H,4-6,16H2,1-3H3. The normalized spacial score (nSPS) is 17.3. The molecule has 0 bridgehead atoms. The smallest absolute Gasteiger partial charge is 0.123 e. The lowest BCUT2D eigenvalue weighted by Crippen LogP contribution is -2.30. The maximum atomic E-state index is 5.91. The second kappa shape index (κ2) is 5.51. The van der Waals surface area contributed by atoms with Gasteiger partial charge < -0.3 is 15.8 Å². The van der Waals surface area contributed by atoms with Gasteiger partial charge in [0.25, 0.3) is 0 Å². The highest BCUT2D eigenvalue weighted by Crippen LogP contribution is 2.32. The predicted octanol–water partition coefficient (Wildman–Crippen LogP) is 3.66. The quantitative estimate of drug-likeness (QED) is 0.782. The monoisotopic (exact) mass is 248 g/mol. The van der Waals surface area contributed by atoms with E-state index in [-0.39, 0.29) is 6.10 Å². The first-order valence-corrected chi connectivity index (χ1v) is 6.88. The van der Waals surface area contributed by atoms with E-state index >= 15 is 0 Å². The number of hydrogen-bond donors (Lipinski definition) is 2. The Morgan fingerprint density at radius 1 is 1.22 bits per heavy atom. The van der Waals surface area contributed by atoms with E-state index in [1.165, 1.54) is 19.3 Å². The van der Waals surface area contributed by atoms with E-state index in [4.69, 9.17) is 10.5 Å². The third-order valence-electron chi connectivity index (χ3n) is 3.55. The molecule has 0 aliphatic heterocycles. The Hall–Kier alpha value is -1.38. The van der Waals surface area contributed by atoms with E-state index in [0.717, 1.165) is 23.0 Å². The molecule has 0 saturated heterocycles. The lowest BCUT2D eigenvalue weighted by molar-refractivity contribution is 0.242. The van der Waals surface area contributed by atoms with Crippen molar-refractivity contribution in [2.75, 3.05) is 11.1 Å². The van der Waals surface area contributed by atoms with E-state index in [2.05, 4.69) is 12.2 Å². The van der Waals surface area contributed by atoms with Crippen molar-refractivity contribution in [1.29, 1.82) is 0 Å². The molecule has 3 nitrogen and oxygen atoms in total. The van der Waals surface area contributed by atoms with Gasteiger partial charge in [0.1, 0.15) is 5.75 Å². The summed E-state index contributed by atoms with van der Waals surface area (Å²) in [6, 6.07) is 6.39. The first kappa shape index (κ1) is 13.1. The molecule has 100 valence electrons. The topological polar surface area (TPSA) is 47.3 Å². The van der Waals surface area contributed by atoms with Gasteiger partial charge in [0.15, 0.2) is 0 Å². The summed E-state index contributed by atoms with van der Waals surface area (Å²) in [5.74, 6) is 1.65. The lowest BCUT2D eigenvalue weighted by Gasteiger charge is -2.32. The molecule has 1 saturated carbocycles. The van der Waals surface area contributed by atoms with Crippen LogP contribution in [0.1, 0.15) is 40.0 Å². The van der Waals surface area contributed by atoms with Gasteiger partial charge in [0, 0.05) is 29.5 Å². The highest BCUT2D eigenvalue weighted by Gasteiger charge is 2.23. The SMILES string of the molecule is CC(C)Oc1cc(N)cc(NC(C)C2CCC2)c1. The third-order valence-corrected chi connectivity index (χ3v) is 3.55. The molecule has 1 atom stereocenters. The molecule has 1 unspecified atom stereocenters. The van der Waals surface area contributed by atoms with Crippen LogP contribution >= 0.6 is 0 Å². The fourth-order valence-electron chi connectivity index (χ4n) is 2.37. The Balaban J connectivity index is 2.04. The van der Waals surface area contributed by atoms with Gasteiger partial charge in [-0.1, -0.05) is 6.42 Å². The number of rotatable bonds is 5. The minimum atomic E-state index is 0.170. The number of ether oxygens (including phenoxy) is 1. The van der Waals surface area contributed by atoms with E-state index < -0.39 is 0 Å². The average Bonchev–Trinajstić information content (AvgIpc) is 2.11. The highest BCUT2D eigenvalue weighted by atomic mass is 16.5. The largest absolute Gasteiger partial charge is 0.491 e. The van der Waals surface area contributed by atoms with Crippen molar-refractivity contribution in [3.05, 3.63) is 18.2 Å². The molecule has 18 heavy (non-hydrogen) atoms. The summed E-state index contributed by atoms with van der Waals surface area (Å²) in [5, 5.41) is 3.54. The van der Waals surface area contributed by atoms with E-state index in [1.807, 2.05) is 32.0 Å². The molecular formula is C15H24N2O. The van der Waals surface area contributed by atoms with Gasteiger partial charge in [0.05, 0.1) is 6.10 Å². The van der Waals surface area contributed by atoms with E-state index in [0.29, 0.717) is 6.04 Å². The van der Waals surface area contributed by atoms with Crippen LogP contribution in [0.4, 0.5) is 11.4 Å². The summed E-state index contributed by atoms with van der Waals surface area (Å²) in [5.41, 5.74) is 7.72. The number of nitrogens with one attached hydrogen (secondary N) is 1. The molecule has 2 rings (SSSR count). The molecule has 0 aromatic heterocycles. The molecule has 0 spiro atoms. The first-order chi connectivity index (χ1) is 8.54. The molecule has 3 heteroatoms. The number of hydrogen-bond acceptors (Lipinski definition) is 3. The predicted molar refractivity (Wildman–Crippen MR) is 77.0 cm³/mol. The molecule has 0 heterocycles. The first-order valence-electron chi connectivity index (χ1n) is 6.88. The average molecular weight is 248 g/mol. The van der Waals surface area contributed by atoms with Crippen LogP contribution in [0.5, 0.6) is 5.75 Å². The zero-order valence-electron chi connectivity index (χ0n) is 11.6. The Morgan fingerprint density at radius 2 is 1.94 bits per heavy atom. The maximum Gasteiger partial charge on any atom is 0.123 e. The third kappa shape index (κ3) is 3.31. The van der Waals surface area contributed by atoms with Gasteiger partial charge in [-0.3, -0.25) is 0 Å². The van der Waals surface area contributed by atoms with Crippen LogP contribution in [0.3, 0.4) is 0 Å². The van der Waals surface area contributed by atoms with Crippen molar-refractivity contribution >= 4 is 11.4 Å². The molecule has 0 radical (unpaired) electrons. The van der Waals surface area contributed by atoms with Gasteiger partial charge in [-0.15, -0.1) is 0 Å². The summed E-state index contributed by atoms with van der Waals surface area (Å²) < 4.78 is 5.70. The number of benzene rings is 1. The molecule has 1 aliphatic rings. The van der Waals surface area contributed by atoms with Crippen molar-refractivity contribution in [2.45, 2.75) is 52.2 Å². The van der Waals surface area contributed by atoms with Gasteiger partial charge in [0.2, 0.25) is 0 Å². The summed E-state index contributed by atoms with van der Waals surface area (Å²) in [4.78, 5) is 0. The Bertz CT molecular complexity index is 399. The fourth-order valence-corrected chi connectivity index (χ4v) is 2.37. The summed E-state index contributed by atoms with van der Waals surface area (Å²) in [7, 11) is 0. The molecular weight excluding hydrogens is 224 g/mol. The van der Waals surface area contributed by atoms with Crippen LogP contribution in [0.25, 0.3) is 0 Å². The maximum absolute atomic E-state index is 5.91.